The summed E-state index contributed by atoms with van der Waals surface area (Å²) in [5.41, 5.74) is 2.50. The first-order chi connectivity index (χ1) is 12.1. The van der Waals surface area contributed by atoms with Gasteiger partial charge in [0.2, 0.25) is 0 Å². The van der Waals surface area contributed by atoms with E-state index in [0.29, 0.717) is 17.0 Å². The van der Waals surface area contributed by atoms with Gasteiger partial charge >= 0.3 is 5.97 Å². The van der Waals surface area contributed by atoms with Crippen molar-refractivity contribution in [3.63, 3.8) is 0 Å². The van der Waals surface area contributed by atoms with Gasteiger partial charge in [-0.2, -0.15) is 0 Å². The van der Waals surface area contributed by atoms with E-state index >= 15 is 0 Å². The Balaban J connectivity index is 2.19. The van der Waals surface area contributed by atoms with Gasteiger partial charge in [-0.3, -0.25) is 9.00 Å². The van der Waals surface area contributed by atoms with Crippen molar-refractivity contribution in [2.24, 2.45) is 0 Å². The van der Waals surface area contributed by atoms with Gasteiger partial charge in [0.05, 0.1) is 5.56 Å². The molecule has 0 radical (unpaired) electrons. The van der Waals surface area contributed by atoms with E-state index in [2.05, 4.69) is 5.32 Å². The van der Waals surface area contributed by atoms with Crippen molar-refractivity contribution in [3.8, 4) is 0 Å². The number of anilines is 1. The van der Waals surface area contributed by atoms with Crippen molar-refractivity contribution >= 4 is 28.4 Å². The Kier molecular flexibility index (Phi) is 5.97. The summed E-state index contributed by atoms with van der Waals surface area (Å²) in [4.78, 5) is 23.6. The van der Waals surface area contributed by atoms with Gasteiger partial charge in [-0.05, 0) is 69.2 Å². The van der Waals surface area contributed by atoms with Crippen molar-refractivity contribution in [3.05, 3.63) is 64.7 Å². The van der Waals surface area contributed by atoms with Gasteiger partial charge in [-0.1, -0.05) is 12.1 Å². The number of carbonyl (C=O) groups is 2. The molecule has 0 aromatic heterocycles. The Morgan fingerprint density at radius 2 is 1.73 bits per heavy atom. The average Bonchev–Trinajstić information content (AvgIpc) is 2.53. The van der Waals surface area contributed by atoms with Crippen LogP contribution in [-0.2, 0) is 16.6 Å². The molecule has 0 aliphatic heterocycles. The Hall–Kier alpha value is -2.47. The molecule has 0 saturated carbocycles. The van der Waals surface area contributed by atoms with Crippen molar-refractivity contribution < 1.29 is 18.9 Å². The van der Waals surface area contributed by atoms with Gasteiger partial charge in [0, 0.05) is 32.6 Å². The fraction of sp³-hybridized carbons (Fsp3) is 0.300. The maximum absolute atomic E-state index is 12.5. The summed E-state index contributed by atoms with van der Waals surface area (Å²) >= 11 is 0. The first-order valence-electron chi connectivity index (χ1n) is 8.20. The summed E-state index contributed by atoms with van der Waals surface area (Å²) in [7, 11) is -1.03. The number of rotatable bonds is 5. The molecule has 1 amide bonds. The summed E-state index contributed by atoms with van der Waals surface area (Å²) in [6, 6.07) is 11.7. The highest BCUT2D eigenvalue weighted by Gasteiger charge is 2.19. The molecule has 0 spiro atoms. The molecule has 0 aliphatic carbocycles. The van der Waals surface area contributed by atoms with Crippen LogP contribution in [0.1, 0.15) is 52.6 Å². The molecule has 6 heteroatoms. The van der Waals surface area contributed by atoms with Gasteiger partial charge in [0.15, 0.2) is 0 Å². The lowest BCUT2D eigenvalue weighted by Gasteiger charge is -2.18. The van der Waals surface area contributed by atoms with Gasteiger partial charge < -0.3 is 10.4 Å². The molecule has 2 aromatic rings. The van der Waals surface area contributed by atoms with Crippen molar-refractivity contribution in [1.29, 1.82) is 0 Å². The third kappa shape index (κ3) is 5.26. The molecule has 0 heterocycles. The topological polar surface area (TPSA) is 83.5 Å². The van der Waals surface area contributed by atoms with Gasteiger partial charge in [0.25, 0.3) is 5.91 Å². The first kappa shape index (κ1) is 19.8. The molecule has 0 fully saturated rings. The van der Waals surface area contributed by atoms with Crippen LogP contribution in [0.25, 0.3) is 0 Å². The zero-order chi connectivity index (χ0) is 19.5. The van der Waals surface area contributed by atoms with Crippen LogP contribution in [0, 0.1) is 6.92 Å². The Morgan fingerprint density at radius 1 is 1.08 bits per heavy atom. The second kappa shape index (κ2) is 7.83. The van der Waals surface area contributed by atoms with E-state index in [1.54, 1.807) is 31.2 Å². The minimum atomic E-state index is -1.07. The number of carbonyl (C=O) groups excluding carboxylic acids is 1. The molecule has 1 atom stereocenters. The highest BCUT2D eigenvalue weighted by atomic mass is 32.2. The maximum Gasteiger partial charge on any atom is 0.335 e. The molecule has 5 nitrogen and oxygen atoms in total. The molecule has 0 aliphatic rings. The maximum atomic E-state index is 12.5. The lowest BCUT2D eigenvalue weighted by molar-refractivity contribution is 0.0696. The van der Waals surface area contributed by atoms with Crippen molar-refractivity contribution in [1.82, 2.24) is 0 Å². The fourth-order valence-corrected chi connectivity index (χ4v) is 3.26. The number of aromatic carboxylic acids is 1. The molecule has 1 unspecified atom stereocenters. The van der Waals surface area contributed by atoms with Gasteiger partial charge in [-0.15, -0.1) is 0 Å². The smallest absolute Gasteiger partial charge is 0.335 e. The zero-order valence-corrected chi connectivity index (χ0v) is 16.1. The molecule has 26 heavy (non-hydrogen) atoms. The summed E-state index contributed by atoms with van der Waals surface area (Å²) in [6.45, 7) is 7.51. The Bertz CT molecular complexity index is 868. The normalized spacial score (nSPS) is 12.5. The van der Waals surface area contributed by atoms with E-state index < -0.39 is 16.8 Å². The number of carboxylic acid groups (broad SMARTS) is 1. The molecule has 2 rings (SSSR count). The van der Waals surface area contributed by atoms with E-state index in [9.17, 15) is 13.8 Å². The largest absolute Gasteiger partial charge is 0.478 e. The fourth-order valence-electron chi connectivity index (χ4n) is 2.35. The summed E-state index contributed by atoms with van der Waals surface area (Å²) in [6.07, 6.45) is 0. The second-order valence-electron chi connectivity index (χ2n) is 7.15. The highest BCUT2D eigenvalue weighted by molar-refractivity contribution is 7.85. The van der Waals surface area contributed by atoms with E-state index in [-0.39, 0.29) is 21.8 Å². The second-order valence-corrected chi connectivity index (χ2v) is 9.35. The quantitative estimate of drug-likeness (QED) is 0.830. The van der Waals surface area contributed by atoms with Crippen LogP contribution in [0.3, 0.4) is 0 Å². The molecule has 0 saturated heterocycles. The standard InChI is InChI=1S/C20H23NO4S/c1-13-8-15(11-16(9-13)19(23)24)18(22)21-17-7-5-6-14(10-17)12-26(25)20(2,3)4/h5-11H,12H2,1-4H3,(H,21,22)(H,23,24). The highest BCUT2D eigenvalue weighted by Crippen LogP contribution is 2.19. The zero-order valence-electron chi connectivity index (χ0n) is 15.3. The number of benzene rings is 2. The minimum Gasteiger partial charge on any atom is -0.478 e. The molecule has 0 bridgehead atoms. The molecular formula is C20H23NO4S. The summed E-state index contributed by atoms with van der Waals surface area (Å²) < 4.78 is 12.0. The SMILES string of the molecule is Cc1cc(C(=O)O)cc(C(=O)Nc2cccc(CS(=O)C(C)(C)C)c2)c1. The predicted octanol–water partition coefficient (Wildman–Crippen LogP) is 3.99. The third-order valence-electron chi connectivity index (χ3n) is 3.75. The Labute approximate surface area is 155 Å². The van der Waals surface area contributed by atoms with Crippen molar-refractivity contribution in [2.45, 2.75) is 38.2 Å². The lowest BCUT2D eigenvalue weighted by Crippen LogP contribution is -2.23. The van der Waals surface area contributed by atoms with Crippen LogP contribution in [-0.4, -0.2) is 25.9 Å². The van der Waals surface area contributed by atoms with E-state index in [1.165, 1.54) is 12.1 Å². The number of hydrogen-bond donors (Lipinski definition) is 2. The van der Waals surface area contributed by atoms with Crippen molar-refractivity contribution in [2.75, 3.05) is 5.32 Å². The molecule has 138 valence electrons. The van der Waals surface area contributed by atoms with Crippen LogP contribution in [0.4, 0.5) is 5.69 Å². The predicted molar refractivity (Wildman–Crippen MR) is 104 cm³/mol. The minimum absolute atomic E-state index is 0.0736. The monoisotopic (exact) mass is 373 g/mol. The number of amides is 1. The summed E-state index contributed by atoms with van der Waals surface area (Å²) in [5.74, 6) is -1.06. The number of aryl methyl sites for hydroxylation is 1. The Morgan fingerprint density at radius 3 is 2.35 bits per heavy atom. The van der Waals surface area contributed by atoms with Crippen LogP contribution >= 0.6 is 0 Å². The van der Waals surface area contributed by atoms with Crippen LogP contribution in [0.15, 0.2) is 42.5 Å². The number of carboxylic acids is 1. The molecular weight excluding hydrogens is 350 g/mol. The third-order valence-corrected chi connectivity index (χ3v) is 5.71. The van der Waals surface area contributed by atoms with E-state index in [1.807, 2.05) is 26.8 Å². The van der Waals surface area contributed by atoms with E-state index in [0.717, 1.165) is 5.56 Å². The van der Waals surface area contributed by atoms with Crippen LogP contribution in [0.5, 0.6) is 0 Å². The average molecular weight is 373 g/mol. The van der Waals surface area contributed by atoms with Gasteiger partial charge in [0.1, 0.15) is 0 Å². The van der Waals surface area contributed by atoms with Crippen LogP contribution in [0.2, 0.25) is 0 Å². The number of nitrogens with one attached hydrogen (secondary N) is 1. The lowest BCUT2D eigenvalue weighted by atomic mass is 10.1. The summed E-state index contributed by atoms with van der Waals surface area (Å²) in [5, 5.41) is 11.9. The van der Waals surface area contributed by atoms with Gasteiger partial charge in [-0.25, -0.2) is 4.79 Å². The van der Waals surface area contributed by atoms with Crippen LogP contribution < -0.4 is 5.32 Å². The molecule has 2 aromatic carbocycles. The number of hydrogen-bond acceptors (Lipinski definition) is 3. The first-order valence-corrected chi connectivity index (χ1v) is 9.52. The molecule has 2 N–H and O–H groups in total. The van der Waals surface area contributed by atoms with E-state index in [4.69, 9.17) is 5.11 Å².